The van der Waals surface area contributed by atoms with Gasteiger partial charge in [0, 0.05) is 23.3 Å². The number of benzene rings is 1. The van der Waals surface area contributed by atoms with Gasteiger partial charge in [-0.05, 0) is 31.9 Å². The van der Waals surface area contributed by atoms with Crippen LogP contribution < -0.4 is 0 Å². The van der Waals surface area contributed by atoms with Crippen LogP contribution in [0.1, 0.15) is 19.8 Å². The Balaban J connectivity index is 2.59. The van der Waals surface area contributed by atoms with Gasteiger partial charge in [-0.2, -0.15) is 4.31 Å². The van der Waals surface area contributed by atoms with Gasteiger partial charge < -0.3 is 0 Å². The second kappa shape index (κ2) is 5.05. The molecule has 1 heterocycles. The molecule has 0 aliphatic carbocycles. The fourth-order valence-corrected chi connectivity index (χ4v) is 5.76. The average Bonchev–Trinajstić information content (AvgIpc) is 2.75. The fourth-order valence-electron chi connectivity index (χ4n) is 2.26. The van der Waals surface area contributed by atoms with Crippen LogP contribution in [0, 0.1) is 0 Å². The summed E-state index contributed by atoms with van der Waals surface area (Å²) in [7, 11) is -2.63. The highest BCUT2D eigenvalue weighted by atomic mass is 35.7. The SMILES string of the molecule is CC1CCCN1S(=O)(=O)c1ccccc1S(=O)(=O)Cl. The molecule has 0 saturated carbocycles. The number of hydrogen-bond donors (Lipinski definition) is 0. The van der Waals surface area contributed by atoms with E-state index in [1.807, 2.05) is 6.92 Å². The van der Waals surface area contributed by atoms with E-state index < -0.39 is 19.1 Å². The standard InChI is InChI=1S/C11H14ClNO4S2/c1-9-5-4-8-13(9)19(16,17)11-7-3-2-6-10(11)18(12,14)15/h2-3,6-7,9H,4-5,8H2,1H3. The van der Waals surface area contributed by atoms with E-state index in [-0.39, 0.29) is 15.8 Å². The fraction of sp³-hybridized carbons (Fsp3) is 0.455. The van der Waals surface area contributed by atoms with E-state index in [0.717, 1.165) is 12.8 Å². The highest BCUT2D eigenvalue weighted by Crippen LogP contribution is 2.30. The maximum Gasteiger partial charge on any atom is 0.262 e. The van der Waals surface area contributed by atoms with Crippen LogP contribution in [0.4, 0.5) is 0 Å². The van der Waals surface area contributed by atoms with Crippen molar-refractivity contribution in [1.29, 1.82) is 0 Å². The predicted octanol–water partition coefficient (Wildman–Crippen LogP) is 1.79. The maximum atomic E-state index is 12.5. The molecule has 1 unspecified atom stereocenters. The van der Waals surface area contributed by atoms with E-state index in [0.29, 0.717) is 6.54 Å². The lowest BCUT2D eigenvalue weighted by molar-refractivity contribution is 0.407. The van der Waals surface area contributed by atoms with Crippen molar-refractivity contribution in [1.82, 2.24) is 4.31 Å². The Hall–Kier alpha value is -0.630. The number of nitrogens with zero attached hydrogens (tertiary/aromatic N) is 1. The first-order valence-electron chi connectivity index (χ1n) is 5.80. The predicted molar refractivity (Wildman–Crippen MR) is 72.1 cm³/mol. The monoisotopic (exact) mass is 323 g/mol. The number of rotatable bonds is 3. The minimum atomic E-state index is -4.10. The number of hydrogen-bond acceptors (Lipinski definition) is 4. The molecule has 8 heteroatoms. The van der Waals surface area contributed by atoms with E-state index in [2.05, 4.69) is 0 Å². The van der Waals surface area contributed by atoms with Crippen molar-refractivity contribution in [2.45, 2.75) is 35.6 Å². The molecule has 19 heavy (non-hydrogen) atoms. The van der Waals surface area contributed by atoms with E-state index in [1.54, 1.807) is 0 Å². The zero-order chi connectivity index (χ0) is 14.3. The molecule has 1 aliphatic rings. The third-order valence-electron chi connectivity index (χ3n) is 3.19. The van der Waals surface area contributed by atoms with Crippen LogP contribution in [0.2, 0.25) is 0 Å². The van der Waals surface area contributed by atoms with Gasteiger partial charge in [0.15, 0.2) is 0 Å². The lowest BCUT2D eigenvalue weighted by atomic mass is 10.3. The molecular formula is C11H14ClNO4S2. The zero-order valence-corrected chi connectivity index (χ0v) is 12.7. The van der Waals surface area contributed by atoms with Crippen LogP contribution in [-0.2, 0) is 19.1 Å². The molecule has 1 aromatic carbocycles. The van der Waals surface area contributed by atoms with Gasteiger partial charge in [0.1, 0.15) is 9.79 Å². The molecular weight excluding hydrogens is 310 g/mol. The first kappa shape index (κ1) is 14.8. The first-order valence-corrected chi connectivity index (χ1v) is 9.55. The highest BCUT2D eigenvalue weighted by Gasteiger charge is 2.35. The summed E-state index contributed by atoms with van der Waals surface area (Å²) in [5.74, 6) is 0. The Morgan fingerprint density at radius 3 is 2.21 bits per heavy atom. The lowest BCUT2D eigenvalue weighted by Gasteiger charge is -2.21. The van der Waals surface area contributed by atoms with Gasteiger partial charge in [-0.15, -0.1) is 0 Å². The molecule has 1 aromatic rings. The van der Waals surface area contributed by atoms with E-state index >= 15 is 0 Å². The van der Waals surface area contributed by atoms with Crippen LogP contribution in [0.5, 0.6) is 0 Å². The average molecular weight is 324 g/mol. The Morgan fingerprint density at radius 2 is 1.74 bits per heavy atom. The lowest BCUT2D eigenvalue weighted by Crippen LogP contribution is -2.34. The molecule has 5 nitrogen and oxygen atoms in total. The van der Waals surface area contributed by atoms with Crippen LogP contribution in [0.25, 0.3) is 0 Å². The number of halogens is 1. The summed E-state index contributed by atoms with van der Waals surface area (Å²) in [6, 6.07) is 5.28. The van der Waals surface area contributed by atoms with E-state index in [1.165, 1.54) is 28.6 Å². The molecule has 0 spiro atoms. The largest absolute Gasteiger partial charge is 0.262 e. The van der Waals surface area contributed by atoms with Gasteiger partial charge in [0.25, 0.3) is 9.05 Å². The molecule has 1 atom stereocenters. The van der Waals surface area contributed by atoms with Crippen molar-refractivity contribution in [3.63, 3.8) is 0 Å². The van der Waals surface area contributed by atoms with Gasteiger partial charge in [-0.3, -0.25) is 0 Å². The quantitative estimate of drug-likeness (QED) is 0.795. The Labute approximate surface area is 117 Å². The normalized spacial score (nSPS) is 21.7. The van der Waals surface area contributed by atoms with Gasteiger partial charge in [-0.1, -0.05) is 12.1 Å². The molecule has 1 aliphatic heterocycles. The maximum absolute atomic E-state index is 12.5. The van der Waals surface area contributed by atoms with Crippen molar-refractivity contribution in [3.05, 3.63) is 24.3 Å². The Kier molecular flexibility index (Phi) is 3.92. The van der Waals surface area contributed by atoms with Crippen molar-refractivity contribution >= 4 is 29.8 Å². The van der Waals surface area contributed by atoms with Crippen LogP contribution in [0.15, 0.2) is 34.1 Å². The summed E-state index contributed by atoms with van der Waals surface area (Å²) in [6.45, 7) is 2.21. The minimum absolute atomic E-state index is 0.129. The topological polar surface area (TPSA) is 71.5 Å². The van der Waals surface area contributed by atoms with Gasteiger partial charge in [0.05, 0.1) is 0 Å². The molecule has 2 rings (SSSR count). The summed E-state index contributed by atoms with van der Waals surface area (Å²) >= 11 is 0. The van der Waals surface area contributed by atoms with Crippen molar-refractivity contribution < 1.29 is 16.8 Å². The molecule has 1 saturated heterocycles. The van der Waals surface area contributed by atoms with E-state index in [9.17, 15) is 16.8 Å². The molecule has 106 valence electrons. The minimum Gasteiger partial charge on any atom is -0.207 e. The van der Waals surface area contributed by atoms with Crippen molar-refractivity contribution in [2.75, 3.05) is 6.54 Å². The summed E-state index contributed by atoms with van der Waals surface area (Å²) < 4.78 is 49.3. The van der Waals surface area contributed by atoms with Crippen molar-refractivity contribution in [3.8, 4) is 0 Å². The zero-order valence-electron chi connectivity index (χ0n) is 10.3. The van der Waals surface area contributed by atoms with Gasteiger partial charge in [-0.25, -0.2) is 16.8 Å². The molecule has 0 amide bonds. The summed E-state index contributed by atoms with van der Waals surface area (Å²) in [5.41, 5.74) is 0. The Bertz CT molecular complexity index is 684. The van der Waals surface area contributed by atoms with Crippen LogP contribution >= 0.6 is 10.7 Å². The van der Waals surface area contributed by atoms with Gasteiger partial charge >= 0.3 is 0 Å². The van der Waals surface area contributed by atoms with Gasteiger partial charge in [0.2, 0.25) is 10.0 Å². The molecule has 0 aromatic heterocycles. The van der Waals surface area contributed by atoms with Crippen molar-refractivity contribution in [2.24, 2.45) is 0 Å². The first-order chi connectivity index (χ1) is 8.74. The Morgan fingerprint density at radius 1 is 1.16 bits per heavy atom. The van der Waals surface area contributed by atoms with E-state index in [4.69, 9.17) is 10.7 Å². The third kappa shape index (κ3) is 2.79. The second-order valence-electron chi connectivity index (χ2n) is 4.49. The summed E-state index contributed by atoms with van der Waals surface area (Å²) in [5, 5.41) is 0. The smallest absolute Gasteiger partial charge is 0.207 e. The summed E-state index contributed by atoms with van der Waals surface area (Å²) in [6.07, 6.45) is 1.55. The molecule has 0 bridgehead atoms. The second-order valence-corrected chi connectivity index (χ2v) is 8.88. The molecule has 1 fully saturated rings. The molecule has 0 N–H and O–H groups in total. The number of sulfonamides is 1. The van der Waals surface area contributed by atoms with Crippen LogP contribution in [0.3, 0.4) is 0 Å². The third-order valence-corrected chi connectivity index (χ3v) is 6.77. The van der Waals surface area contributed by atoms with Crippen LogP contribution in [-0.4, -0.2) is 33.7 Å². The summed E-state index contributed by atoms with van der Waals surface area (Å²) in [4.78, 5) is -0.616. The highest BCUT2D eigenvalue weighted by molar-refractivity contribution is 8.14. The molecule has 0 radical (unpaired) electrons.